The molecule has 27 heavy (non-hydrogen) atoms. The van der Waals surface area contributed by atoms with Crippen LogP contribution in [0.2, 0.25) is 0 Å². The van der Waals surface area contributed by atoms with Crippen molar-refractivity contribution in [3.63, 3.8) is 0 Å². The van der Waals surface area contributed by atoms with E-state index in [9.17, 15) is 28.0 Å². The van der Waals surface area contributed by atoms with Crippen LogP contribution in [0.5, 0.6) is 0 Å². The fourth-order valence-electron chi connectivity index (χ4n) is 2.12. The number of rotatable bonds is 6. The van der Waals surface area contributed by atoms with Crippen molar-refractivity contribution in [2.45, 2.75) is 30.3 Å². The van der Waals surface area contributed by atoms with Crippen molar-refractivity contribution in [1.29, 1.82) is 5.26 Å². The summed E-state index contributed by atoms with van der Waals surface area (Å²) in [7, 11) is 0. The summed E-state index contributed by atoms with van der Waals surface area (Å²) in [6.07, 6.45) is -4.80. The Morgan fingerprint density at radius 3 is 2.63 bits per heavy atom. The molecule has 0 saturated heterocycles. The fourth-order valence-corrected chi connectivity index (χ4v) is 3.78. The number of carbonyl (C=O) groups is 2. The van der Waals surface area contributed by atoms with Gasteiger partial charge in [-0.2, -0.15) is 18.4 Å². The van der Waals surface area contributed by atoms with E-state index in [2.05, 4.69) is 4.98 Å². The molecule has 2 heterocycles. The number of esters is 1. The van der Waals surface area contributed by atoms with Crippen LogP contribution in [-0.2, 0) is 20.5 Å². The number of thioether (sulfide) groups is 1. The quantitative estimate of drug-likeness (QED) is 0.398. The molecule has 0 N–H and O–H groups in total. The topological polar surface area (TPSA) is 80.0 Å². The Balaban J connectivity index is 2.63. The van der Waals surface area contributed by atoms with Crippen molar-refractivity contribution in [1.82, 2.24) is 4.98 Å². The van der Waals surface area contributed by atoms with Crippen LogP contribution < -0.4 is 0 Å². The van der Waals surface area contributed by atoms with Gasteiger partial charge in [0.25, 0.3) is 0 Å². The normalized spacial score (nSPS) is 12.3. The molecule has 0 fully saturated rings. The van der Waals surface area contributed by atoms with Gasteiger partial charge in [0.1, 0.15) is 11.1 Å². The van der Waals surface area contributed by atoms with E-state index in [0.29, 0.717) is 16.6 Å². The number of nitrogens with zero attached hydrogens (tertiary/aromatic N) is 2. The van der Waals surface area contributed by atoms with Crippen LogP contribution in [0.15, 0.2) is 28.6 Å². The molecular weight excluding hydrogens is 401 g/mol. The summed E-state index contributed by atoms with van der Waals surface area (Å²) in [4.78, 5) is 28.4. The molecule has 0 aromatic carbocycles. The maximum atomic E-state index is 13.5. The zero-order valence-corrected chi connectivity index (χ0v) is 15.8. The highest BCUT2D eigenvalue weighted by atomic mass is 32.2. The Labute approximate surface area is 161 Å². The predicted molar refractivity (Wildman–Crippen MR) is 94.2 cm³/mol. The van der Waals surface area contributed by atoms with Gasteiger partial charge in [0, 0.05) is 0 Å². The summed E-state index contributed by atoms with van der Waals surface area (Å²) in [5, 5.41) is 9.19. The summed E-state index contributed by atoms with van der Waals surface area (Å²) in [5.74, 6) is -1.50. The van der Waals surface area contributed by atoms with Crippen molar-refractivity contribution in [3.8, 4) is 16.6 Å². The first-order valence-electron chi connectivity index (χ1n) is 7.59. The van der Waals surface area contributed by atoms with E-state index in [1.165, 1.54) is 24.3 Å². The summed E-state index contributed by atoms with van der Waals surface area (Å²) in [5.41, 5.74) is -1.90. The number of alkyl halides is 3. The Morgan fingerprint density at radius 1 is 1.44 bits per heavy atom. The van der Waals surface area contributed by atoms with Crippen molar-refractivity contribution >= 4 is 34.9 Å². The van der Waals surface area contributed by atoms with E-state index in [0.717, 1.165) is 13.0 Å². The number of hydrogen-bond acceptors (Lipinski definition) is 7. The molecule has 0 spiro atoms. The molecular formula is C17H13F3N2O3S2. The first-order valence-corrected chi connectivity index (χ1v) is 9.34. The first-order chi connectivity index (χ1) is 12.7. The van der Waals surface area contributed by atoms with Gasteiger partial charge in [0.2, 0.25) is 0 Å². The van der Waals surface area contributed by atoms with Gasteiger partial charge in [-0.3, -0.25) is 9.59 Å². The molecule has 2 aromatic heterocycles. The molecule has 1 atom stereocenters. The SMILES string of the molecule is CCOC(=O)[C@@H](Sc1nc(-c2cccs2)cc(C(F)(F)F)c1C#N)C(C)=O. The number of thiophene rings is 1. The van der Waals surface area contributed by atoms with Crippen LogP contribution >= 0.6 is 23.1 Å². The molecule has 0 aliphatic rings. The Morgan fingerprint density at radius 2 is 2.15 bits per heavy atom. The van der Waals surface area contributed by atoms with Crippen LogP contribution in [-0.4, -0.2) is 28.6 Å². The molecule has 0 saturated carbocycles. The highest BCUT2D eigenvalue weighted by molar-refractivity contribution is 8.01. The third-order valence-electron chi connectivity index (χ3n) is 3.28. The van der Waals surface area contributed by atoms with Crippen molar-refractivity contribution in [3.05, 3.63) is 34.7 Å². The molecule has 0 aliphatic carbocycles. The lowest BCUT2D eigenvalue weighted by atomic mass is 10.1. The van der Waals surface area contributed by atoms with Gasteiger partial charge in [-0.1, -0.05) is 17.8 Å². The second-order valence-electron chi connectivity index (χ2n) is 5.18. The highest BCUT2D eigenvalue weighted by Crippen LogP contribution is 2.39. The van der Waals surface area contributed by atoms with E-state index in [1.807, 2.05) is 0 Å². The summed E-state index contributed by atoms with van der Waals surface area (Å²) < 4.78 is 45.2. The smallest absolute Gasteiger partial charge is 0.417 e. The van der Waals surface area contributed by atoms with Crippen molar-refractivity contribution in [2.75, 3.05) is 6.61 Å². The zero-order chi connectivity index (χ0) is 20.2. The minimum atomic E-state index is -4.80. The van der Waals surface area contributed by atoms with Crippen LogP contribution in [0.3, 0.4) is 0 Å². The molecule has 142 valence electrons. The molecule has 2 rings (SSSR count). The second kappa shape index (κ2) is 8.54. The second-order valence-corrected chi connectivity index (χ2v) is 7.22. The summed E-state index contributed by atoms with van der Waals surface area (Å²) in [6.45, 7) is 2.66. The third kappa shape index (κ3) is 4.87. The average molecular weight is 414 g/mol. The molecule has 10 heteroatoms. The van der Waals surface area contributed by atoms with Gasteiger partial charge in [0.05, 0.1) is 28.3 Å². The fraction of sp³-hybridized carbons (Fsp3) is 0.294. The highest BCUT2D eigenvalue weighted by Gasteiger charge is 2.37. The van der Waals surface area contributed by atoms with Crippen LogP contribution in [0, 0.1) is 11.3 Å². The van der Waals surface area contributed by atoms with Gasteiger partial charge in [-0.25, -0.2) is 4.98 Å². The number of ketones is 1. The minimum absolute atomic E-state index is 0.00462. The maximum absolute atomic E-state index is 13.5. The van der Waals surface area contributed by atoms with E-state index in [-0.39, 0.29) is 17.3 Å². The van der Waals surface area contributed by atoms with Gasteiger partial charge in [-0.05, 0) is 31.4 Å². The van der Waals surface area contributed by atoms with Crippen molar-refractivity contribution in [2.24, 2.45) is 0 Å². The average Bonchev–Trinajstić information content (AvgIpc) is 3.12. The predicted octanol–water partition coefficient (Wildman–Crippen LogP) is 4.31. The molecule has 0 radical (unpaired) electrons. The van der Waals surface area contributed by atoms with Gasteiger partial charge in [0.15, 0.2) is 11.0 Å². The Kier molecular flexibility index (Phi) is 6.62. The van der Waals surface area contributed by atoms with Gasteiger partial charge >= 0.3 is 12.1 Å². The molecule has 0 bridgehead atoms. The van der Waals surface area contributed by atoms with E-state index in [4.69, 9.17) is 4.74 Å². The monoisotopic (exact) mass is 414 g/mol. The number of ether oxygens (including phenoxy) is 1. The minimum Gasteiger partial charge on any atom is -0.465 e. The molecule has 0 aliphatic heterocycles. The number of carbonyl (C=O) groups excluding carboxylic acids is 2. The molecule has 0 unspecified atom stereocenters. The van der Waals surface area contributed by atoms with Crippen LogP contribution in [0.1, 0.15) is 25.0 Å². The molecule has 2 aromatic rings. The van der Waals surface area contributed by atoms with Gasteiger partial charge < -0.3 is 4.74 Å². The van der Waals surface area contributed by atoms with Crippen molar-refractivity contribution < 1.29 is 27.5 Å². The number of Topliss-reactive ketones (excluding diaryl/α,β-unsaturated/α-hetero) is 1. The van der Waals surface area contributed by atoms with E-state index in [1.54, 1.807) is 17.5 Å². The largest absolute Gasteiger partial charge is 0.465 e. The summed E-state index contributed by atoms with van der Waals surface area (Å²) >= 11 is 1.66. The van der Waals surface area contributed by atoms with Crippen LogP contribution in [0.25, 0.3) is 10.6 Å². The number of nitriles is 1. The van der Waals surface area contributed by atoms with E-state index < -0.39 is 34.3 Å². The summed E-state index contributed by atoms with van der Waals surface area (Å²) in [6, 6.07) is 5.52. The number of pyridine rings is 1. The standard InChI is InChI=1S/C17H13F3N2O3S2/c1-3-25-16(24)14(9(2)23)27-15-10(8-21)11(17(18,19)20)7-12(22-15)13-5-4-6-26-13/h4-7,14H,3H2,1-2H3/t14-/m0/s1. The molecule has 5 nitrogen and oxygen atoms in total. The Bertz CT molecular complexity index is 890. The van der Waals surface area contributed by atoms with E-state index >= 15 is 0 Å². The third-order valence-corrected chi connectivity index (χ3v) is 5.45. The van der Waals surface area contributed by atoms with Gasteiger partial charge in [-0.15, -0.1) is 11.3 Å². The Hall–Kier alpha value is -2.38. The molecule has 0 amide bonds. The lowest BCUT2D eigenvalue weighted by molar-refractivity contribution is -0.144. The number of halogens is 3. The lowest BCUT2D eigenvalue weighted by Gasteiger charge is -2.16. The number of hydrogen-bond donors (Lipinski definition) is 0. The first kappa shape index (κ1) is 20.9. The maximum Gasteiger partial charge on any atom is 0.417 e. The zero-order valence-electron chi connectivity index (χ0n) is 14.2. The lowest BCUT2D eigenvalue weighted by Crippen LogP contribution is -2.27. The van der Waals surface area contributed by atoms with Crippen LogP contribution in [0.4, 0.5) is 13.2 Å². The number of aromatic nitrogens is 1.